The molecule has 2 aliphatic rings. The number of ether oxygens (including phenoxy) is 1. The Labute approximate surface area is 122 Å². The Bertz CT molecular complexity index is 541. The maximum absolute atomic E-state index is 14.2. The lowest BCUT2D eigenvalue weighted by atomic mass is 10.2. The van der Waals surface area contributed by atoms with Crippen LogP contribution < -0.4 is 9.80 Å². The fourth-order valence-electron chi connectivity index (χ4n) is 2.94. The molecule has 0 aliphatic carbocycles. The first-order valence-electron chi connectivity index (χ1n) is 7.22. The van der Waals surface area contributed by atoms with E-state index >= 15 is 0 Å². The van der Waals surface area contributed by atoms with Crippen molar-refractivity contribution in [2.75, 3.05) is 49.2 Å². The van der Waals surface area contributed by atoms with Crippen LogP contribution in [-0.4, -0.2) is 44.3 Å². The molecule has 2 saturated heterocycles. The monoisotopic (exact) mass is 295 g/mol. The van der Waals surface area contributed by atoms with Gasteiger partial charge in [-0.3, -0.25) is 10.1 Å². The minimum Gasteiger partial charge on any atom is -0.378 e. The highest BCUT2D eigenvalue weighted by Gasteiger charge is 2.26. The van der Waals surface area contributed by atoms with Gasteiger partial charge in [-0.2, -0.15) is 0 Å². The third-order valence-electron chi connectivity index (χ3n) is 4.04. The quantitative estimate of drug-likeness (QED) is 0.632. The lowest BCUT2D eigenvalue weighted by molar-refractivity contribution is -0.384. The van der Waals surface area contributed by atoms with Gasteiger partial charge in [-0.15, -0.1) is 0 Å². The van der Waals surface area contributed by atoms with Crippen molar-refractivity contribution in [1.29, 1.82) is 0 Å². The zero-order valence-corrected chi connectivity index (χ0v) is 11.8. The molecule has 1 aromatic rings. The molecule has 21 heavy (non-hydrogen) atoms. The largest absolute Gasteiger partial charge is 0.378 e. The van der Waals surface area contributed by atoms with E-state index in [0.717, 1.165) is 32.0 Å². The summed E-state index contributed by atoms with van der Waals surface area (Å²) in [6.07, 6.45) is 2.06. The molecule has 0 amide bonds. The average Bonchev–Trinajstić information content (AvgIpc) is 3.01. The van der Waals surface area contributed by atoms with Crippen LogP contribution in [0.1, 0.15) is 12.8 Å². The molecule has 0 N–H and O–H groups in total. The summed E-state index contributed by atoms with van der Waals surface area (Å²) in [5.41, 5.74) is 0.795. The molecule has 2 aliphatic heterocycles. The van der Waals surface area contributed by atoms with Crippen molar-refractivity contribution in [2.24, 2.45) is 0 Å². The Hall–Kier alpha value is -1.89. The van der Waals surface area contributed by atoms with E-state index in [4.69, 9.17) is 4.74 Å². The molecule has 0 saturated carbocycles. The average molecular weight is 295 g/mol. The lowest BCUT2D eigenvalue weighted by Crippen LogP contribution is -2.36. The van der Waals surface area contributed by atoms with E-state index in [9.17, 15) is 14.5 Å². The van der Waals surface area contributed by atoms with Crippen molar-refractivity contribution in [3.8, 4) is 0 Å². The fraction of sp³-hybridized carbons (Fsp3) is 0.571. The van der Waals surface area contributed by atoms with Crippen LogP contribution in [0.4, 0.5) is 21.5 Å². The maximum atomic E-state index is 14.2. The highest BCUT2D eigenvalue weighted by Crippen LogP contribution is 2.36. The molecule has 0 aromatic heterocycles. The van der Waals surface area contributed by atoms with Crippen molar-refractivity contribution in [1.82, 2.24) is 0 Å². The molecule has 114 valence electrons. The van der Waals surface area contributed by atoms with Crippen LogP contribution in [0.2, 0.25) is 0 Å². The van der Waals surface area contributed by atoms with Crippen LogP contribution in [0, 0.1) is 15.9 Å². The van der Waals surface area contributed by atoms with Crippen molar-refractivity contribution in [3.63, 3.8) is 0 Å². The number of hydrogen-bond acceptors (Lipinski definition) is 5. The van der Waals surface area contributed by atoms with Crippen molar-refractivity contribution in [3.05, 3.63) is 28.1 Å². The Kier molecular flexibility index (Phi) is 3.92. The van der Waals surface area contributed by atoms with Gasteiger partial charge in [-0.25, -0.2) is 4.39 Å². The van der Waals surface area contributed by atoms with Crippen molar-refractivity contribution < 1.29 is 14.1 Å². The normalized spacial score (nSPS) is 19.1. The summed E-state index contributed by atoms with van der Waals surface area (Å²) < 4.78 is 19.5. The van der Waals surface area contributed by atoms with Gasteiger partial charge in [0.1, 0.15) is 5.69 Å². The van der Waals surface area contributed by atoms with Crippen LogP contribution in [0.5, 0.6) is 0 Å². The molecule has 7 heteroatoms. The third kappa shape index (κ3) is 2.78. The van der Waals surface area contributed by atoms with E-state index < -0.39 is 10.7 Å². The van der Waals surface area contributed by atoms with Gasteiger partial charge in [0.2, 0.25) is 0 Å². The second-order valence-corrected chi connectivity index (χ2v) is 5.34. The number of nitro benzene ring substituents is 1. The van der Waals surface area contributed by atoms with Crippen molar-refractivity contribution >= 4 is 17.1 Å². The first-order valence-corrected chi connectivity index (χ1v) is 7.22. The molecule has 1 aromatic carbocycles. The van der Waals surface area contributed by atoms with Gasteiger partial charge >= 0.3 is 0 Å². The summed E-state index contributed by atoms with van der Waals surface area (Å²) in [7, 11) is 0. The van der Waals surface area contributed by atoms with Crippen LogP contribution in [0.25, 0.3) is 0 Å². The van der Waals surface area contributed by atoms with Crippen LogP contribution in [-0.2, 0) is 4.74 Å². The summed E-state index contributed by atoms with van der Waals surface area (Å²) in [5, 5.41) is 11.2. The van der Waals surface area contributed by atoms with Crippen LogP contribution >= 0.6 is 0 Å². The molecule has 2 fully saturated rings. The fourth-order valence-corrected chi connectivity index (χ4v) is 2.94. The number of nitro groups is 1. The molecular weight excluding hydrogens is 277 g/mol. The van der Waals surface area contributed by atoms with Crippen LogP contribution in [0.3, 0.4) is 0 Å². The SMILES string of the molecule is O=[N+]([O-])c1cc(F)c(N2CCCC2)cc1N1CCOCC1. The number of rotatable bonds is 3. The number of halogens is 1. The Balaban J connectivity index is 2.01. The predicted octanol–water partition coefficient (Wildman–Crippen LogP) is 2.17. The molecule has 0 spiro atoms. The highest BCUT2D eigenvalue weighted by molar-refractivity contribution is 5.71. The Morgan fingerprint density at radius 1 is 1.05 bits per heavy atom. The maximum Gasteiger partial charge on any atom is 0.295 e. The second-order valence-electron chi connectivity index (χ2n) is 5.34. The van der Waals surface area contributed by atoms with E-state index in [1.807, 2.05) is 9.80 Å². The second kappa shape index (κ2) is 5.85. The molecule has 2 heterocycles. The standard InChI is InChI=1S/C14H18FN3O3/c15-11-9-14(18(19)20)13(17-5-7-21-8-6-17)10-12(11)16-3-1-2-4-16/h9-10H,1-8H2. The summed E-state index contributed by atoms with van der Waals surface area (Å²) in [4.78, 5) is 14.6. The first-order chi connectivity index (χ1) is 10.2. The van der Waals surface area contributed by atoms with E-state index in [1.54, 1.807) is 6.07 Å². The van der Waals surface area contributed by atoms with Gasteiger partial charge in [-0.05, 0) is 18.9 Å². The van der Waals surface area contributed by atoms with Gasteiger partial charge in [0.25, 0.3) is 5.69 Å². The summed E-state index contributed by atoms with van der Waals surface area (Å²) in [6.45, 7) is 3.85. The zero-order valence-electron chi connectivity index (χ0n) is 11.8. The van der Waals surface area contributed by atoms with E-state index in [0.29, 0.717) is 37.7 Å². The minimum absolute atomic E-state index is 0.169. The third-order valence-corrected chi connectivity index (χ3v) is 4.04. The van der Waals surface area contributed by atoms with Gasteiger partial charge in [0.15, 0.2) is 5.82 Å². The summed E-state index contributed by atoms with van der Waals surface area (Å²) >= 11 is 0. The van der Waals surface area contributed by atoms with E-state index in [-0.39, 0.29) is 5.69 Å². The number of morpholine rings is 1. The highest BCUT2D eigenvalue weighted by atomic mass is 19.1. The van der Waals surface area contributed by atoms with Crippen molar-refractivity contribution in [2.45, 2.75) is 12.8 Å². The Morgan fingerprint density at radius 3 is 2.29 bits per heavy atom. The van der Waals surface area contributed by atoms with Gasteiger partial charge < -0.3 is 14.5 Å². The molecule has 3 rings (SSSR count). The number of anilines is 2. The van der Waals surface area contributed by atoms with E-state index in [2.05, 4.69) is 0 Å². The summed E-state index contributed by atoms with van der Waals surface area (Å²) in [6, 6.07) is 2.68. The van der Waals surface area contributed by atoms with Gasteiger partial charge in [0, 0.05) is 26.2 Å². The number of benzene rings is 1. The minimum atomic E-state index is -0.513. The first kappa shape index (κ1) is 14.1. The molecule has 6 nitrogen and oxygen atoms in total. The molecule has 0 atom stereocenters. The molecule has 0 bridgehead atoms. The van der Waals surface area contributed by atoms with Crippen LogP contribution in [0.15, 0.2) is 12.1 Å². The molecule has 0 radical (unpaired) electrons. The zero-order chi connectivity index (χ0) is 14.8. The molecule has 0 unspecified atom stereocenters. The topological polar surface area (TPSA) is 58.9 Å². The lowest BCUT2D eigenvalue weighted by Gasteiger charge is -2.29. The van der Waals surface area contributed by atoms with E-state index in [1.165, 1.54) is 0 Å². The summed E-state index contributed by atoms with van der Waals surface area (Å²) in [5.74, 6) is -0.513. The van der Waals surface area contributed by atoms with Gasteiger partial charge in [0.05, 0.1) is 29.9 Å². The number of hydrogen-bond donors (Lipinski definition) is 0. The predicted molar refractivity (Wildman–Crippen MR) is 77.5 cm³/mol. The Morgan fingerprint density at radius 2 is 1.67 bits per heavy atom. The smallest absolute Gasteiger partial charge is 0.295 e. The number of nitrogens with zero attached hydrogens (tertiary/aromatic N) is 3. The van der Waals surface area contributed by atoms with Gasteiger partial charge in [-0.1, -0.05) is 0 Å². The molecular formula is C14H18FN3O3.